The van der Waals surface area contributed by atoms with Gasteiger partial charge in [0, 0.05) is 48.3 Å². The Morgan fingerprint density at radius 3 is 2.38 bits per heavy atom. The molecule has 0 radical (unpaired) electrons. The molecule has 2 saturated carbocycles. The predicted molar refractivity (Wildman–Crippen MR) is 124 cm³/mol. The molecular formula is C21H32IN3O4. The second-order valence-electron chi connectivity index (χ2n) is 7.81. The fourth-order valence-corrected chi connectivity index (χ4v) is 5.17. The van der Waals surface area contributed by atoms with Crippen LogP contribution in [0.3, 0.4) is 0 Å². The Labute approximate surface area is 189 Å². The van der Waals surface area contributed by atoms with Gasteiger partial charge < -0.3 is 29.6 Å². The number of methoxy groups -OCH3 is 3. The van der Waals surface area contributed by atoms with Crippen molar-refractivity contribution in [3.05, 3.63) is 12.1 Å². The Hall–Kier alpha value is -1.42. The molecule has 2 aliphatic carbocycles. The number of fused-ring (bicyclic) bond motifs is 2. The van der Waals surface area contributed by atoms with E-state index >= 15 is 0 Å². The summed E-state index contributed by atoms with van der Waals surface area (Å²) >= 11 is 0. The summed E-state index contributed by atoms with van der Waals surface area (Å²) in [7, 11) is 4.85. The van der Waals surface area contributed by atoms with Gasteiger partial charge in [0.15, 0.2) is 17.5 Å². The molecule has 162 valence electrons. The fourth-order valence-electron chi connectivity index (χ4n) is 5.17. The van der Waals surface area contributed by atoms with Gasteiger partial charge in [-0.2, -0.15) is 0 Å². The van der Waals surface area contributed by atoms with Crippen molar-refractivity contribution in [1.29, 1.82) is 0 Å². The van der Waals surface area contributed by atoms with Gasteiger partial charge in [0.2, 0.25) is 5.75 Å². The first-order valence-corrected chi connectivity index (χ1v) is 10.2. The maximum atomic E-state index is 6.04. The Balaban J connectivity index is 0.00000240. The van der Waals surface area contributed by atoms with E-state index in [1.807, 2.05) is 19.1 Å². The smallest absolute Gasteiger partial charge is 0.203 e. The number of nitrogens with one attached hydrogen (secondary N) is 2. The molecule has 1 aliphatic heterocycles. The largest absolute Gasteiger partial charge is 0.493 e. The monoisotopic (exact) mass is 517 g/mol. The van der Waals surface area contributed by atoms with Crippen LogP contribution in [0.2, 0.25) is 0 Å². The average Bonchev–Trinajstić information content (AvgIpc) is 3.09. The molecule has 8 heteroatoms. The van der Waals surface area contributed by atoms with Crippen LogP contribution in [0.1, 0.15) is 32.6 Å². The minimum Gasteiger partial charge on any atom is -0.493 e. The van der Waals surface area contributed by atoms with Crippen LogP contribution in [0.5, 0.6) is 17.2 Å². The molecule has 29 heavy (non-hydrogen) atoms. The molecule has 3 unspecified atom stereocenters. The Morgan fingerprint density at radius 1 is 1.17 bits per heavy atom. The van der Waals surface area contributed by atoms with Crippen molar-refractivity contribution in [3.8, 4) is 17.2 Å². The first-order chi connectivity index (χ1) is 13.7. The van der Waals surface area contributed by atoms with Crippen molar-refractivity contribution in [1.82, 2.24) is 5.32 Å². The van der Waals surface area contributed by atoms with Gasteiger partial charge in [0.25, 0.3) is 0 Å². The van der Waals surface area contributed by atoms with Crippen molar-refractivity contribution < 1.29 is 18.9 Å². The van der Waals surface area contributed by atoms with E-state index in [0.717, 1.165) is 24.7 Å². The second kappa shape index (κ2) is 9.16. The van der Waals surface area contributed by atoms with E-state index in [0.29, 0.717) is 47.3 Å². The molecule has 2 N–H and O–H groups in total. The molecule has 1 aromatic carbocycles. The number of hydrogen-bond acceptors (Lipinski definition) is 5. The molecule has 1 aromatic rings. The fraction of sp³-hybridized carbons (Fsp3) is 0.667. The highest BCUT2D eigenvalue weighted by Crippen LogP contribution is 2.62. The van der Waals surface area contributed by atoms with E-state index in [4.69, 9.17) is 18.9 Å². The highest BCUT2D eigenvalue weighted by atomic mass is 127. The summed E-state index contributed by atoms with van der Waals surface area (Å²) in [6, 6.07) is 4.22. The Morgan fingerprint density at radius 2 is 1.86 bits per heavy atom. The zero-order chi connectivity index (χ0) is 19.7. The van der Waals surface area contributed by atoms with Gasteiger partial charge in [0.05, 0.1) is 27.4 Å². The van der Waals surface area contributed by atoms with Crippen molar-refractivity contribution in [2.75, 3.05) is 39.8 Å². The number of halogens is 1. The molecule has 1 heterocycles. The minimum absolute atomic E-state index is 0. The maximum absolute atomic E-state index is 6.04. The van der Waals surface area contributed by atoms with Crippen LogP contribution < -0.4 is 24.8 Å². The van der Waals surface area contributed by atoms with Crippen molar-refractivity contribution in [3.63, 3.8) is 0 Å². The summed E-state index contributed by atoms with van der Waals surface area (Å²) in [5.74, 6) is 3.19. The van der Waals surface area contributed by atoms with E-state index in [9.17, 15) is 0 Å². The number of benzene rings is 1. The third-order valence-electron chi connectivity index (χ3n) is 6.57. The van der Waals surface area contributed by atoms with E-state index in [-0.39, 0.29) is 24.0 Å². The third kappa shape index (κ3) is 3.73. The summed E-state index contributed by atoms with van der Waals surface area (Å²) < 4.78 is 22.4. The highest BCUT2D eigenvalue weighted by molar-refractivity contribution is 14.0. The molecule has 3 aliphatic rings. The van der Waals surface area contributed by atoms with E-state index in [1.54, 1.807) is 21.3 Å². The van der Waals surface area contributed by atoms with Crippen molar-refractivity contribution in [2.45, 2.75) is 44.8 Å². The number of guanidine groups is 1. The van der Waals surface area contributed by atoms with Crippen LogP contribution in [0, 0.1) is 11.3 Å². The normalized spacial score (nSPS) is 26.5. The summed E-state index contributed by atoms with van der Waals surface area (Å²) in [6.45, 7) is 3.62. The van der Waals surface area contributed by atoms with Crippen LogP contribution in [0.25, 0.3) is 0 Å². The molecule has 1 saturated heterocycles. The first kappa shape index (κ1) is 22.3. The lowest BCUT2D eigenvalue weighted by atomic mass is 9.46. The summed E-state index contributed by atoms with van der Waals surface area (Å²) in [4.78, 5) is 4.67. The van der Waals surface area contributed by atoms with E-state index in [2.05, 4.69) is 15.6 Å². The maximum Gasteiger partial charge on any atom is 0.203 e. The molecule has 1 spiro atoms. The quantitative estimate of drug-likeness (QED) is 0.341. The lowest BCUT2D eigenvalue weighted by molar-refractivity contribution is -0.171. The van der Waals surface area contributed by atoms with E-state index < -0.39 is 0 Å². The molecular weight excluding hydrogens is 485 g/mol. The number of nitrogens with zero attached hydrogens (tertiary/aromatic N) is 1. The SMILES string of the molecule is CCN=C(Nc1cc(OC)c(OC)c(OC)c1)NC1C2CCOC2C12CCC2.I. The zero-order valence-electron chi connectivity index (χ0n) is 17.6. The molecule has 4 rings (SSSR count). The Kier molecular flexibility index (Phi) is 7.03. The van der Waals surface area contributed by atoms with Gasteiger partial charge in [-0.15, -0.1) is 24.0 Å². The number of aliphatic imine (C=N–C) groups is 1. The zero-order valence-corrected chi connectivity index (χ0v) is 19.9. The van der Waals surface area contributed by atoms with Gasteiger partial charge in [-0.1, -0.05) is 6.42 Å². The van der Waals surface area contributed by atoms with Gasteiger partial charge in [-0.05, 0) is 26.2 Å². The standard InChI is InChI=1S/C21H31N3O4.HI/c1-5-22-20(23-13-11-15(25-2)17(27-4)16(12-13)26-3)24-18-14-7-10-28-19(14)21(18)8-6-9-21;/h11-12,14,18-19H,5-10H2,1-4H3,(H2,22,23,24);1H. The van der Waals surface area contributed by atoms with E-state index in [1.165, 1.54) is 19.3 Å². The minimum atomic E-state index is 0. The van der Waals surface area contributed by atoms with Crippen LogP contribution in [-0.2, 0) is 4.74 Å². The van der Waals surface area contributed by atoms with Crippen LogP contribution in [0.15, 0.2) is 17.1 Å². The summed E-state index contributed by atoms with van der Waals surface area (Å²) in [6.07, 6.45) is 5.35. The van der Waals surface area contributed by atoms with Gasteiger partial charge >= 0.3 is 0 Å². The topological polar surface area (TPSA) is 73.3 Å². The first-order valence-electron chi connectivity index (χ1n) is 10.2. The Bertz CT molecular complexity index is 728. The number of anilines is 1. The summed E-state index contributed by atoms with van der Waals surface area (Å²) in [5.41, 5.74) is 1.14. The lowest BCUT2D eigenvalue weighted by Crippen LogP contribution is -2.72. The van der Waals surface area contributed by atoms with Crippen LogP contribution in [0.4, 0.5) is 5.69 Å². The molecule has 0 aromatic heterocycles. The summed E-state index contributed by atoms with van der Waals surface area (Å²) in [5, 5.41) is 7.14. The molecule has 7 nitrogen and oxygen atoms in total. The van der Waals surface area contributed by atoms with Crippen molar-refractivity contribution in [2.24, 2.45) is 16.3 Å². The molecule has 3 atom stereocenters. The van der Waals surface area contributed by atoms with Gasteiger partial charge in [0.1, 0.15) is 0 Å². The molecule has 0 bridgehead atoms. The van der Waals surface area contributed by atoms with Crippen LogP contribution >= 0.6 is 24.0 Å². The predicted octanol–water partition coefficient (Wildman–Crippen LogP) is 3.67. The van der Waals surface area contributed by atoms with Gasteiger partial charge in [-0.3, -0.25) is 4.99 Å². The third-order valence-corrected chi connectivity index (χ3v) is 6.57. The highest BCUT2D eigenvalue weighted by Gasteiger charge is 2.66. The molecule has 3 fully saturated rings. The van der Waals surface area contributed by atoms with Crippen LogP contribution in [-0.4, -0.2) is 52.6 Å². The molecule has 0 amide bonds. The number of ether oxygens (including phenoxy) is 4. The lowest BCUT2D eigenvalue weighted by Gasteiger charge is -2.63. The van der Waals surface area contributed by atoms with Crippen molar-refractivity contribution >= 4 is 35.6 Å². The number of hydrogen-bond donors (Lipinski definition) is 2. The number of rotatable bonds is 6. The average molecular weight is 517 g/mol. The van der Waals surface area contributed by atoms with Gasteiger partial charge in [-0.25, -0.2) is 0 Å². The second-order valence-corrected chi connectivity index (χ2v) is 7.81.